The summed E-state index contributed by atoms with van der Waals surface area (Å²) in [4.78, 5) is 28.1. The number of ether oxygens (including phenoxy) is 1. The van der Waals surface area contributed by atoms with Gasteiger partial charge in [-0.15, -0.1) is 0 Å². The molecule has 2 heterocycles. The maximum absolute atomic E-state index is 12.4. The van der Waals surface area contributed by atoms with E-state index >= 15 is 0 Å². The third-order valence-corrected chi connectivity index (χ3v) is 4.79. The van der Waals surface area contributed by atoms with Gasteiger partial charge in [-0.1, -0.05) is 6.07 Å². The van der Waals surface area contributed by atoms with Gasteiger partial charge in [-0.25, -0.2) is 0 Å². The first kappa shape index (κ1) is 18.0. The lowest BCUT2D eigenvalue weighted by atomic mass is 10.1. The van der Waals surface area contributed by atoms with Crippen molar-refractivity contribution in [3.05, 3.63) is 53.0 Å². The van der Waals surface area contributed by atoms with E-state index in [1.54, 1.807) is 21.9 Å². The number of benzene rings is 1. The smallest absolute Gasteiger partial charge is 0.289 e. The fraction of sp³-hybridized carbons (Fsp3) is 0.400. The zero-order valence-corrected chi connectivity index (χ0v) is 15.4. The third-order valence-electron chi connectivity index (χ3n) is 4.79. The summed E-state index contributed by atoms with van der Waals surface area (Å²) in [5.74, 6) is 0.878. The van der Waals surface area contributed by atoms with Crippen molar-refractivity contribution in [2.45, 2.75) is 20.8 Å². The quantitative estimate of drug-likeness (QED) is 0.845. The predicted molar refractivity (Wildman–Crippen MR) is 97.3 cm³/mol. The van der Waals surface area contributed by atoms with Crippen LogP contribution in [-0.2, 0) is 4.79 Å². The van der Waals surface area contributed by atoms with E-state index in [1.807, 2.05) is 19.9 Å². The van der Waals surface area contributed by atoms with Gasteiger partial charge in [0.05, 0.1) is 6.26 Å². The molecule has 0 aliphatic carbocycles. The molecular formula is C20H24N2O4. The number of hydrogen-bond donors (Lipinski definition) is 0. The maximum Gasteiger partial charge on any atom is 0.289 e. The molecular weight excluding hydrogens is 332 g/mol. The minimum Gasteiger partial charge on any atom is -0.483 e. The number of carbonyl (C=O) groups is 2. The molecule has 1 aromatic heterocycles. The number of piperazine rings is 1. The van der Waals surface area contributed by atoms with Crippen LogP contribution in [0.3, 0.4) is 0 Å². The molecule has 0 saturated carbocycles. The van der Waals surface area contributed by atoms with Crippen LogP contribution in [0.25, 0.3) is 0 Å². The highest BCUT2D eigenvalue weighted by Gasteiger charge is 2.26. The van der Waals surface area contributed by atoms with Crippen LogP contribution in [0.2, 0.25) is 0 Å². The van der Waals surface area contributed by atoms with Crippen LogP contribution in [0.4, 0.5) is 0 Å². The van der Waals surface area contributed by atoms with Crippen molar-refractivity contribution in [3.63, 3.8) is 0 Å². The summed E-state index contributed by atoms with van der Waals surface area (Å²) in [6, 6.07) is 7.38. The van der Waals surface area contributed by atoms with Gasteiger partial charge in [0.2, 0.25) is 0 Å². The van der Waals surface area contributed by atoms with E-state index in [0.29, 0.717) is 31.9 Å². The molecule has 0 radical (unpaired) electrons. The van der Waals surface area contributed by atoms with Crippen LogP contribution in [0.5, 0.6) is 5.75 Å². The summed E-state index contributed by atoms with van der Waals surface area (Å²) >= 11 is 0. The second kappa shape index (κ2) is 7.64. The van der Waals surface area contributed by atoms with Gasteiger partial charge in [-0.05, 0) is 55.7 Å². The summed E-state index contributed by atoms with van der Waals surface area (Å²) in [6.07, 6.45) is 1.49. The highest BCUT2D eigenvalue weighted by molar-refractivity contribution is 5.91. The molecule has 0 bridgehead atoms. The van der Waals surface area contributed by atoms with Gasteiger partial charge in [0.15, 0.2) is 12.4 Å². The lowest BCUT2D eigenvalue weighted by Crippen LogP contribution is -2.51. The number of hydrogen-bond acceptors (Lipinski definition) is 4. The Kier molecular flexibility index (Phi) is 5.30. The normalized spacial score (nSPS) is 14.4. The standard InChI is InChI=1S/C20H24N2O4/c1-14-11-16(3)18(12-15(14)2)26-13-19(23)21-6-8-22(9-7-21)20(24)17-5-4-10-25-17/h4-5,10-12H,6-9,13H2,1-3H3. The van der Waals surface area contributed by atoms with E-state index in [1.165, 1.54) is 11.8 Å². The Morgan fingerprint density at radius 1 is 1.00 bits per heavy atom. The SMILES string of the molecule is Cc1cc(C)c(OCC(=O)N2CCN(C(=O)c3ccco3)CC2)cc1C. The molecule has 1 aliphatic rings. The van der Waals surface area contributed by atoms with Crippen molar-refractivity contribution in [2.75, 3.05) is 32.8 Å². The Bertz CT molecular complexity index is 790. The molecule has 26 heavy (non-hydrogen) atoms. The zero-order chi connectivity index (χ0) is 18.7. The Balaban J connectivity index is 1.51. The van der Waals surface area contributed by atoms with Crippen molar-refractivity contribution in [1.82, 2.24) is 9.80 Å². The maximum atomic E-state index is 12.4. The lowest BCUT2D eigenvalue weighted by molar-refractivity contribution is -0.134. The Morgan fingerprint density at radius 2 is 1.65 bits per heavy atom. The first-order valence-corrected chi connectivity index (χ1v) is 8.77. The lowest BCUT2D eigenvalue weighted by Gasteiger charge is -2.34. The average Bonchev–Trinajstić information content (AvgIpc) is 3.17. The molecule has 1 aromatic carbocycles. The topological polar surface area (TPSA) is 63.0 Å². The molecule has 0 atom stereocenters. The fourth-order valence-corrected chi connectivity index (χ4v) is 3.04. The monoisotopic (exact) mass is 356 g/mol. The highest BCUT2D eigenvalue weighted by Crippen LogP contribution is 2.22. The second-order valence-corrected chi connectivity index (χ2v) is 6.64. The molecule has 1 aliphatic heterocycles. The first-order valence-electron chi connectivity index (χ1n) is 8.77. The second-order valence-electron chi connectivity index (χ2n) is 6.64. The van der Waals surface area contributed by atoms with E-state index in [-0.39, 0.29) is 18.4 Å². The summed E-state index contributed by atoms with van der Waals surface area (Å²) in [5.41, 5.74) is 3.37. The van der Waals surface area contributed by atoms with Crippen molar-refractivity contribution < 1.29 is 18.7 Å². The first-order chi connectivity index (χ1) is 12.5. The fourth-order valence-electron chi connectivity index (χ4n) is 3.04. The van der Waals surface area contributed by atoms with Crippen molar-refractivity contribution in [2.24, 2.45) is 0 Å². The van der Waals surface area contributed by atoms with Gasteiger partial charge >= 0.3 is 0 Å². The Labute approximate surface area is 153 Å². The van der Waals surface area contributed by atoms with Crippen LogP contribution in [0, 0.1) is 20.8 Å². The highest BCUT2D eigenvalue weighted by atomic mass is 16.5. The third kappa shape index (κ3) is 3.90. The predicted octanol–water partition coefficient (Wildman–Crippen LogP) is 2.57. The van der Waals surface area contributed by atoms with Gasteiger partial charge in [0.1, 0.15) is 5.75 Å². The zero-order valence-electron chi connectivity index (χ0n) is 15.4. The van der Waals surface area contributed by atoms with E-state index in [2.05, 4.69) is 13.0 Å². The van der Waals surface area contributed by atoms with E-state index in [0.717, 1.165) is 16.9 Å². The molecule has 6 nitrogen and oxygen atoms in total. The number of amides is 2. The molecule has 0 N–H and O–H groups in total. The van der Waals surface area contributed by atoms with Crippen LogP contribution < -0.4 is 4.74 Å². The minimum absolute atomic E-state index is 0.00940. The van der Waals surface area contributed by atoms with Crippen molar-refractivity contribution in [3.8, 4) is 5.75 Å². The van der Waals surface area contributed by atoms with Gasteiger partial charge in [-0.3, -0.25) is 9.59 Å². The Hall–Kier alpha value is -2.76. The molecule has 6 heteroatoms. The average molecular weight is 356 g/mol. The summed E-state index contributed by atoms with van der Waals surface area (Å²) < 4.78 is 10.9. The van der Waals surface area contributed by atoms with E-state index in [4.69, 9.17) is 9.15 Å². The van der Waals surface area contributed by atoms with Crippen LogP contribution in [-0.4, -0.2) is 54.4 Å². The van der Waals surface area contributed by atoms with E-state index in [9.17, 15) is 9.59 Å². The molecule has 0 spiro atoms. The molecule has 2 aromatic rings. The number of nitrogens with zero attached hydrogens (tertiary/aromatic N) is 2. The van der Waals surface area contributed by atoms with Gasteiger partial charge < -0.3 is 19.0 Å². The van der Waals surface area contributed by atoms with Gasteiger partial charge in [0.25, 0.3) is 11.8 Å². The molecule has 3 rings (SSSR count). The van der Waals surface area contributed by atoms with Crippen LogP contribution in [0.1, 0.15) is 27.2 Å². The van der Waals surface area contributed by atoms with Crippen LogP contribution >= 0.6 is 0 Å². The Morgan fingerprint density at radius 3 is 2.31 bits per heavy atom. The summed E-state index contributed by atoms with van der Waals surface area (Å²) in [6.45, 7) is 8.06. The van der Waals surface area contributed by atoms with Crippen LogP contribution in [0.15, 0.2) is 34.9 Å². The number of aryl methyl sites for hydroxylation is 3. The molecule has 2 amide bonds. The van der Waals surface area contributed by atoms with Gasteiger partial charge in [0, 0.05) is 26.2 Å². The van der Waals surface area contributed by atoms with E-state index < -0.39 is 0 Å². The summed E-state index contributed by atoms with van der Waals surface area (Å²) in [5, 5.41) is 0. The molecule has 1 fully saturated rings. The number of carbonyl (C=O) groups excluding carboxylic acids is 2. The molecule has 1 saturated heterocycles. The largest absolute Gasteiger partial charge is 0.483 e. The summed E-state index contributed by atoms with van der Waals surface area (Å²) in [7, 11) is 0. The van der Waals surface area contributed by atoms with Crippen molar-refractivity contribution >= 4 is 11.8 Å². The van der Waals surface area contributed by atoms with Gasteiger partial charge in [-0.2, -0.15) is 0 Å². The number of furan rings is 1. The molecule has 138 valence electrons. The number of rotatable bonds is 4. The van der Waals surface area contributed by atoms with Crippen molar-refractivity contribution in [1.29, 1.82) is 0 Å². The molecule has 0 unspecified atom stereocenters. The minimum atomic E-state index is -0.135.